The Bertz CT molecular complexity index is 155. The molecule has 0 aromatic heterocycles. The lowest BCUT2D eigenvalue weighted by atomic mass is 10.3. The average Bonchev–Trinajstić information content (AvgIpc) is 1.97. The molecule has 0 heterocycles. The fourth-order valence-electron chi connectivity index (χ4n) is 0.372. The highest BCUT2D eigenvalue weighted by atomic mass is 19.4. The predicted octanol–water partition coefficient (Wildman–Crippen LogP) is 0.863. The molecule has 0 fully saturated rings. The van der Waals surface area contributed by atoms with Crippen LogP contribution in [0.25, 0.3) is 0 Å². The van der Waals surface area contributed by atoms with Gasteiger partial charge in [0.05, 0.1) is 6.10 Å². The van der Waals surface area contributed by atoms with Crippen molar-refractivity contribution in [3.63, 3.8) is 0 Å². The highest BCUT2D eigenvalue weighted by Gasteiger charge is 2.41. The largest absolute Gasteiger partial charge is 0.490 e. The molecular formula is C6H9F3O3. The summed E-state index contributed by atoms with van der Waals surface area (Å²) in [5.74, 6) is -2.27. The number of carbonyl (C=O) groups excluding carboxylic acids is 1. The molecule has 1 N–H and O–H groups in total. The van der Waals surface area contributed by atoms with E-state index in [2.05, 4.69) is 4.74 Å². The first-order valence-electron chi connectivity index (χ1n) is 3.30. The highest BCUT2D eigenvalue weighted by Crippen LogP contribution is 2.16. The Labute approximate surface area is 67.1 Å². The molecule has 0 saturated carbocycles. The first-order valence-corrected chi connectivity index (χ1v) is 3.30. The summed E-state index contributed by atoms with van der Waals surface area (Å²) in [5.41, 5.74) is 0. The molecule has 0 aliphatic rings. The van der Waals surface area contributed by atoms with Gasteiger partial charge in [-0.05, 0) is 6.42 Å². The van der Waals surface area contributed by atoms with Gasteiger partial charge in [0.15, 0.2) is 0 Å². The molecule has 1 unspecified atom stereocenters. The van der Waals surface area contributed by atoms with E-state index in [0.717, 1.165) is 0 Å². The Hall–Kier alpha value is -0.780. The molecular weight excluding hydrogens is 177 g/mol. The summed E-state index contributed by atoms with van der Waals surface area (Å²) >= 11 is 0. The third-order valence-corrected chi connectivity index (χ3v) is 1.11. The number of hydrogen-bond acceptors (Lipinski definition) is 3. The molecule has 0 spiro atoms. The van der Waals surface area contributed by atoms with E-state index < -0.39 is 24.9 Å². The van der Waals surface area contributed by atoms with Crippen molar-refractivity contribution in [3.05, 3.63) is 0 Å². The van der Waals surface area contributed by atoms with Gasteiger partial charge in [0.25, 0.3) is 0 Å². The lowest BCUT2D eigenvalue weighted by Gasteiger charge is -2.09. The molecule has 0 radical (unpaired) electrons. The van der Waals surface area contributed by atoms with E-state index in [-0.39, 0.29) is 6.42 Å². The minimum atomic E-state index is -4.98. The third kappa shape index (κ3) is 4.17. The summed E-state index contributed by atoms with van der Waals surface area (Å²) in [6.07, 6.45) is -5.77. The smallest absolute Gasteiger partial charge is 0.456 e. The Balaban J connectivity index is 3.73. The monoisotopic (exact) mass is 186 g/mol. The van der Waals surface area contributed by atoms with E-state index in [9.17, 15) is 18.0 Å². The van der Waals surface area contributed by atoms with Gasteiger partial charge in [-0.1, -0.05) is 6.92 Å². The van der Waals surface area contributed by atoms with Gasteiger partial charge in [0.2, 0.25) is 0 Å². The van der Waals surface area contributed by atoms with Crippen LogP contribution in [0.1, 0.15) is 13.3 Å². The number of halogens is 3. The highest BCUT2D eigenvalue weighted by molar-refractivity contribution is 5.75. The van der Waals surface area contributed by atoms with Crippen molar-refractivity contribution in [2.24, 2.45) is 0 Å². The first kappa shape index (κ1) is 11.2. The molecule has 72 valence electrons. The molecule has 0 bridgehead atoms. The predicted molar refractivity (Wildman–Crippen MR) is 33.3 cm³/mol. The van der Waals surface area contributed by atoms with Gasteiger partial charge in [-0.3, -0.25) is 0 Å². The second kappa shape index (κ2) is 4.30. The van der Waals surface area contributed by atoms with E-state index in [0.29, 0.717) is 0 Å². The molecule has 3 nitrogen and oxygen atoms in total. The SMILES string of the molecule is CCC(O)COC(=O)C(F)(F)F. The van der Waals surface area contributed by atoms with Crippen LogP contribution in [0.2, 0.25) is 0 Å². The molecule has 0 aliphatic carbocycles. The number of aliphatic hydroxyl groups is 1. The summed E-state index contributed by atoms with van der Waals surface area (Å²) < 4.78 is 38.1. The van der Waals surface area contributed by atoms with Crippen LogP contribution in [-0.4, -0.2) is 30.0 Å². The zero-order chi connectivity index (χ0) is 9.78. The second-order valence-electron chi connectivity index (χ2n) is 2.16. The van der Waals surface area contributed by atoms with Crippen LogP contribution in [0.5, 0.6) is 0 Å². The van der Waals surface area contributed by atoms with Crippen molar-refractivity contribution < 1.29 is 27.8 Å². The number of aliphatic hydroxyl groups excluding tert-OH is 1. The maximum atomic E-state index is 11.4. The van der Waals surface area contributed by atoms with E-state index in [1.165, 1.54) is 0 Å². The summed E-state index contributed by atoms with van der Waals surface area (Å²) in [6.45, 7) is 0.945. The quantitative estimate of drug-likeness (QED) is 0.665. The standard InChI is InChI=1S/C6H9F3O3/c1-2-4(10)3-12-5(11)6(7,8)9/h4,10H,2-3H2,1H3. The van der Waals surface area contributed by atoms with E-state index in [1.54, 1.807) is 6.92 Å². The van der Waals surface area contributed by atoms with Crippen LogP contribution in [0, 0.1) is 0 Å². The number of rotatable bonds is 3. The lowest BCUT2D eigenvalue weighted by molar-refractivity contribution is -0.202. The van der Waals surface area contributed by atoms with Gasteiger partial charge in [0.1, 0.15) is 6.61 Å². The van der Waals surface area contributed by atoms with E-state index >= 15 is 0 Å². The van der Waals surface area contributed by atoms with Gasteiger partial charge in [0, 0.05) is 0 Å². The van der Waals surface area contributed by atoms with Crippen LogP contribution in [0.4, 0.5) is 13.2 Å². The summed E-state index contributed by atoms with van der Waals surface area (Å²) in [5, 5.41) is 8.73. The molecule has 0 aliphatic heterocycles. The molecule has 0 aromatic rings. The normalized spacial score (nSPS) is 14.1. The van der Waals surface area contributed by atoms with Crippen molar-refractivity contribution in [1.29, 1.82) is 0 Å². The van der Waals surface area contributed by atoms with Crippen molar-refractivity contribution in [3.8, 4) is 0 Å². The zero-order valence-electron chi connectivity index (χ0n) is 6.39. The molecule has 6 heteroatoms. The fraction of sp³-hybridized carbons (Fsp3) is 0.833. The number of hydrogen-bond donors (Lipinski definition) is 1. The minimum Gasteiger partial charge on any atom is -0.456 e. The van der Waals surface area contributed by atoms with Crippen molar-refractivity contribution in [2.75, 3.05) is 6.61 Å². The Morgan fingerprint density at radius 1 is 1.58 bits per heavy atom. The Kier molecular flexibility index (Phi) is 4.02. The lowest BCUT2D eigenvalue weighted by Crippen LogP contribution is -2.28. The first-order chi connectivity index (χ1) is 5.38. The van der Waals surface area contributed by atoms with Crippen molar-refractivity contribution >= 4 is 5.97 Å². The Morgan fingerprint density at radius 2 is 2.08 bits per heavy atom. The van der Waals surface area contributed by atoms with Gasteiger partial charge in [-0.15, -0.1) is 0 Å². The summed E-state index contributed by atoms with van der Waals surface area (Å²) in [7, 11) is 0. The molecule has 0 aromatic carbocycles. The third-order valence-electron chi connectivity index (χ3n) is 1.11. The van der Waals surface area contributed by atoms with Gasteiger partial charge in [-0.2, -0.15) is 13.2 Å². The van der Waals surface area contributed by atoms with Gasteiger partial charge >= 0.3 is 12.1 Å². The van der Waals surface area contributed by atoms with Crippen molar-refractivity contribution in [1.82, 2.24) is 0 Å². The molecule has 1 atom stereocenters. The maximum Gasteiger partial charge on any atom is 0.490 e. The van der Waals surface area contributed by atoms with Crippen LogP contribution >= 0.6 is 0 Å². The van der Waals surface area contributed by atoms with Crippen LogP contribution in [-0.2, 0) is 9.53 Å². The Morgan fingerprint density at radius 3 is 2.42 bits per heavy atom. The molecule has 0 rings (SSSR count). The van der Waals surface area contributed by atoms with Crippen LogP contribution in [0.3, 0.4) is 0 Å². The van der Waals surface area contributed by atoms with Crippen LogP contribution in [0.15, 0.2) is 0 Å². The van der Waals surface area contributed by atoms with Crippen LogP contribution < -0.4 is 0 Å². The molecule has 12 heavy (non-hydrogen) atoms. The van der Waals surface area contributed by atoms with E-state index in [1.807, 2.05) is 0 Å². The number of esters is 1. The minimum absolute atomic E-state index is 0.241. The number of carbonyl (C=O) groups is 1. The second-order valence-corrected chi connectivity index (χ2v) is 2.16. The molecule has 0 amide bonds. The zero-order valence-corrected chi connectivity index (χ0v) is 6.39. The van der Waals surface area contributed by atoms with Crippen molar-refractivity contribution in [2.45, 2.75) is 25.6 Å². The number of alkyl halides is 3. The van der Waals surface area contributed by atoms with E-state index in [4.69, 9.17) is 5.11 Å². The maximum absolute atomic E-state index is 11.4. The van der Waals surface area contributed by atoms with Gasteiger partial charge in [-0.25, -0.2) is 4.79 Å². The van der Waals surface area contributed by atoms with Gasteiger partial charge < -0.3 is 9.84 Å². The number of ether oxygens (including phenoxy) is 1. The fourth-order valence-corrected chi connectivity index (χ4v) is 0.372. The summed E-state index contributed by atoms with van der Waals surface area (Å²) in [6, 6.07) is 0. The molecule has 0 saturated heterocycles. The average molecular weight is 186 g/mol. The summed E-state index contributed by atoms with van der Waals surface area (Å²) in [4.78, 5) is 10.0. The topological polar surface area (TPSA) is 46.5 Å².